The van der Waals surface area contributed by atoms with E-state index >= 15 is 0 Å². The van der Waals surface area contributed by atoms with Crippen molar-refractivity contribution in [2.75, 3.05) is 20.7 Å². The van der Waals surface area contributed by atoms with Crippen LogP contribution in [0.2, 0.25) is 0 Å². The molecule has 1 aromatic rings. The summed E-state index contributed by atoms with van der Waals surface area (Å²) in [6.45, 7) is 0.891. The number of nitro benzene ring substituents is 1. The van der Waals surface area contributed by atoms with Gasteiger partial charge in [-0.15, -0.1) is 0 Å². The summed E-state index contributed by atoms with van der Waals surface area (Å²) in [6.07, 6.45) is 0. The highest BCUT2D eigenvalue weighted by Gasteiger charge is 2.24. The molecule has 0 aromatic heterocycles. The molecule has 0 atom stereocenters. The Bertz CT molecular complexity index is 536. The lowest BCUT2D eigenvalue weighted by Gasteiger charge is -2.13. The Labute approximate surface area is 123 Å². The largest absolute Gasteiger partial charge is 0.476 e. The summed E-state index contributed by atoms with van der Waals surface area (Å²) in [6, 6.07) is 2.65. The van der Waals surface area contributed by atoms with E-state index in [0.29, 0.717) is 4.47 Å². The Kier molecular flexibility index (Phi) is 5.20. The fraction of sp³-hybridized carbons (Fsp3) is 0.333. The average molecular weight is 345 g/mol. The molecule has 0 unspecified atom stereocenters. The van der Waals surface area contributed by atoms with Gasteiger partial charge in [-0.1, -0.05) is 15.9 Å². The number of carbonyl (C=O) groups excluding carboxylic acids is 2. The molecule has 7 nitrogen and oxygen atoms in total. The first-order valence-electron chi connectivity index (χ1n) is 5.56. The Hall–Kier alpha value is -1.96. The van der Waals surface area contributed by atoms with Crippen molar-refractivity contribution in [2.24, 2.45) is 0 Å². The van der Waals surface area contributed by atoms with Crippen LogP contribution in [0, 0.1) is 10.1 Å². The third-order valence-electron chi connectivity index (χ3n) is 2.45. The number of likely N-dealkylation sites (N-methyl/N-ethyl adjacent to an activating group) is 1. The second kappa shape index (κ2) is 6.47. The van der Waals surface area contributed by atoms with Crippen LogP contribution in [0.15, 0.2) is 16.6 Å². The van der Waals surface area contributed by atoms with Crippen molar-refractivity contribution in [2.45, 2.75) is 6.92 Å². The molecule has 0 N–H and O–H groups in total. The van der Waals surface area contributed by atoms with Gasteiger partial charge in [0.15, 0.2) is 12.4 Å². The summed E-state index contributed by atoms with van der Waals surface area (Å²) in [5, 5.41) is 11.0. The SMILES string of the molecule is CC(=O)c1cc(Br)cc([N+](=O)[O-])c1OCC(=O)N(C)C. The zero-order valence-electron chi connectivity index (χ0n) is 11.2. The number of nitro groups is 1. The van der Waals surface area contributed by atoms with E-state index in [4.69, 9.17) is 4.74 Å². The molecule has 0 spiro atoms. The van der Waals surface area contributed by atoms with Gasteiger partial charge < -0.3 is 9.64 Å². The molecule has 20 heavy (non-hydrogen) atoms. The minimum absolute atomic E-state index is 0.0534. The monoisotopic (exact) mass is 344 g/mol. The number of hydrogen-bond acceptors (Lipinski definition) is 5. The summed E-state index contributed by atoms with van der Waals surface area (Å²) in [5.74, 6) is -0.945. The van der Waals surface area contributed by atoms with Crippen molar-refractivity contribution >= 4 is 33.3 Å². The van der Waals surface area contributed by atoms with E-state index in [2.05, 4.69) is 15.9 Å². The van der Waals surface area contributed by atoms with Gasteiger partial charge in [-0.2, -0.15) is 0 Å². The molecular weight excluding hydrogens is 332 g/mol. The first kappa shape index (κ1) is 16.1. The van der Waals surface area contributed by atoms with E-state index < -0.39 is 4.92 Å². The van der Waals surface area contributed by atoms with Gasteiger partial charge in [-0.05, 0) is 13.0 Å². The van der Waals surface area contributed by atoms with Gasteiger partial charge in [-0.3, -0.25) is 19.7 Å². The van der Waals surface area contributed by atoms with Gasteiger partial charge in [0.05, 0.1) is 10.5 Å². The number of amides is 1. The van der Waals surface area contributed by atoms with E-state index in [1.807, 2.05) is 0 Å². The molecule has 0 aliphatic rings. The molecule has 1 aromatic carbocycles. The quantitative estimate of drug-likeness (QED) is 0.463. The van der Waals surface area contributed by atoms with Crippen molar-refractivity contribution in [1.29, 1.82) is 0 Å². The van der Waals surface area contributed by atoms with Gasteiger partial charge in [0.2, 0.25) is 5.75 Å². The lowest BCUT2D eigenvalue weighted by molar-refractivity contribution is -0.385. The summed E-state index contributed by atoms with van der Waals surface area (Å²) < 4.78 is 5.58. The molecule has 0 saturated heterocycles. The molecular formula is C12H13BrN2O5. The number of Topliss-reactive ketones (excluding diaryl/α,β-unsaturated/α-hetero) is 1. The Balaban J connectivity index is 3.23. The van der Waals surface area contributed by atoms with Crippen molar-refractivity contribution in [3.8, 4) is 5.75 Å². The fourth-order valence-electron chi connectivity index (χ4n) is 1.39. The second-order valence-electron chi connectivity index (χ2n) is 4.19. The molecule has 0 aliphatic carbocycles. The fourth-order valence-corrected chi connectivity index (χ4v) is 1.84. The summed E-state index contributed by atoms with van der Waals surface area (Å²) in [7, 11) is 3.07. The van der Waals surface area contributed by atoms with Gasteiger partial charge >= 0.3 is 5.69 Å². The average Bonchev–Trinajstić information content (AvgIpc) is 2.35. The number of ketones is 1. The number of rotatable bonds is 5. The maximum atomic E-state index is 11.6. The highest BCUT2D eigenvalue weighted by molar-refractivity contribution is 9.10. The van der Waals surface area contributed by atoms with Crippen LogP contribution in [0.25, 0.3) is 0 Å². The van der Waals surface area contributed by atoms with Crippen LogP contribution < -0.4 is 4.74 Å². The van der Waals surface area contributed by atoms with Crippen LogP contribution in [0.1, 0.15) is 17.3 Å². The van der Waals surface area contributed by atoms with E-state index in [1.165, 1.54) is 38.1 Å². The lowest BCUT2D eigenvalue weighted by atomic mass is 10.1. The number of carbonyl (C=O) groups is 2. The molecule has 1 rings (SSSR count). The minimum Gasteiger partial charge on any atom is -0.476 e. The molecule has 0 saturated carbocycles. The van der Waals surface area contributed by atoms with E-state index in [9.17, 15) is 19.7 Å². The minimum atomic E-state index is -0.660. The normalized spacial score (nSPS) is 10.0. The molecule has 0 radical (unpaired) electrons. The maximum Gasteiger partial charge on any atom is 0.312 e. The molecule has 8 heteroatoms. The Morgan fingerprint density at radius 1 is 1.40 bits per heavy atom. The smallest absolute Gasteiger partial charge is 0.312 e. The van der Waals surface area contributed by atoms with Gasteiger partial charge in [0.1, 0.15) is 0 Å². The number of benzene rings is 1. The molecule has 0 fully saturated rings. The molecule has 0 aliphatic heterocycles. The van der Waals surface area contributed by atoms with Crippen LogP contribution in [-0.2, 0) is 4.79 Å². The number of halogens is 1. The van der Waals surface area contributed by atoms with Crippen LogP contribution in [0.4, 0.5) is 5.69 Å². The molecule has 108 valence electrons. The van der Waals surface area contributed by atoms with Crippen molar-refractivity contribution in [1.82, 2.24) is 4.90 Å². The highest BCUT2D eigenvalue weighted by atomic mass is 79.9. The lowest BCUT2D eigenvalue weighted by Crippen LogP contribution is -2.28. The third kappa shape index (κ3) is 3.77. The van der Waals surface area contributed by atoms with Crippen molar-refractivity contribution < 1.29 is 19.2 Å². The topological polar surface area (TPSA) is 89.7 Å². The van der Waals surface area contributed by atoms with Crippen LogP contribution in [-0.4, -0.2) is 42.2 Å². The van der Waals surface area contributed by atoms with Gasteiger partial charge in [0, 0.05) is 24.6 Å². The summed E-state index contributed by atoms with van der Waals surface area (Å²) in [5.41, 5.74) is -0.311. The van der Waals surface area contributed by atoms with Crippen molar-refractivity contribution in [3.63, 3.8) is 0 Å². The van der Waals surface area contributed by atoms with Crippen LogP contribution in [0.5, 0.6) is 5.75 Å². The van der Waals surface area contributed by atoms with Crippen molar-refractivity contribution in [3.05, 3.63) is 32.3 Å². The van der Waals surface area contributed by atoms with Gasteiger partial charge in [0.25, 0.3) is 5.91 Å². The predicted octanol–water partition coefficient (Wildman–Crippen LogP) is 2.03. The zero-order valence-corrected chi connectivity index (χ0v) is 12.8. The van der Waals surface area contributed by atoms with Gasteiger partial charge in [-0.25, -0.2) is 0 Å². The van der Waals surface area contributed by atoms with Crippen LogP contribution >= 0.6 is 15.9 Å². The van der Waals surface area contributed by atoms with E-state index in [0.717, 1.165) is 0 Å². The maximum absolute atomic E-state index is 11.6. The first-order chi connectivity index (χ1) is 9.23. The standard InChI is InChI=1S/C12H13BrN2O5/c1-7(16)9-4-8(13)5-10(15(18)19)12(9)20-6-11(17)14(2)3/h4-5H,6H2,1-3H3. The van der Waals surface area contributed by atoms with E-state index in [1.54, 1.807) is 0 Å². The molecule has 0 heterocycles. The number of hydrogen-bond donors (Lipinski definition) is 0. The number of nitrogens with zero attached hydrogens (tertiary/aromatic N) is 2. The van der Waals surface area contributed by atoms with Crippen LogP contribution in [0.3, 0.4) is 0 Å². The summed E-state index contributed by atoms with van der Waals surface area (Å²) in [4.78, 5) is 34.7. The Morgan fingerprint density at radius 2 is 2.00 bits per heavy atom. The highest BCUT2D eigenvalue weighted by Crippen LogP contribution is 2.35. The second-order valence-corrected chi connectivity index (χ2v) is 5.11. The summed E-state index contributed by atoms with van der Waals surface area (Å²) >= 11 is 3.10. The third-order valence-corrected chi connectivity index (χ3v) is 2.91. The predicted molar refractivity (Wildman–Crippen MR) is 75.0 cm³/mol. The zero-order chi connectivity index (χ0) is 15.4. The molecule has 0 bridgehead atoms. The number of ether oxygens (including phenoxy) is 1. The van der Waals surface area contributed by atoms with E-state index in [-0.39, 0.29) is 35.3 Å². The molecule has 1 amide bonds. The Morgan fingerprint density at radius 3 is 2.45 bits per heavy atom. The first-order valence-corrected chi connectivity index (χ1v) is 6.35.